The van der Waals surface area contributed by atoms with E-state index < -0.39 is 0 Å². The van der Waals surface area contributed by atoms with Crippen LogP contribution in [0.15, 0.2) is 54.9 Å². The Morgan fingerprint density at radius 1 is 0.917 bits per heavy atom. The Labute approximate surface area is 141 Å². The van der Waals surface area contributed by atoms with Crippen molar-refractivity contribution in [3.05, 3.63) is 66.1 Å². The predicted molar refractivity (Wildman–Crippen MR) is 94.2 cm³/mol. The number of nitrogens with zero attached hydrogens (tertiary/aromatic N) is 2. The van der Waals surface area contributed by atoms with Crippen LogP contribution < -0.4 is 15.2 Å². The highest BCUT2D eigenvalue weighted by Gasteiger charge is 2.06. The van der Waals surface area contributed by atoms with Crippen molar-refractivity contribution >= 4 is 5.69 Å². The summed E-state index contributed by atoms with van der Waals surface area (Å²) < 4.78 is 10.4. The molecule has 0 fully saturated rings. The molecule has 0 aliphatic rings. The molecule has 2 N–H and O–H groups in total. The number of aromatic nitrogens is 2. The fourth-order valence-electron chi connectivity index (χ4n) is 2.52. The van der Waals surface area contributed by atoms with Gasteiger partial charge >= 0.3 is 0 Å². The molecule has 3 rings (SSSR count). The van der Waals surface area contributed by atoms with Gasteiger partial charge in [0.05, 0.1) is 25.6 Å². The van der Waals surface area contributed by atoms with Gasteiger partial charge in [0.1, 0.15) is 17.8 Å². The Balaban J connectivity index is 1.83. The van der Waals surface area contributed by atoms with Crippen LogP contribution in [0.4, 0.5) is 5.69 Å². The van der Waals surface area contributed by atoms with Crippen LogP contribution in [0.5, 0.6) is 11.5 Å². The minimum absolute atomic E-state index is 0.624. The lowest BCUT2D eigenvalue weighted by Gasteiger charge is -2.08. The zero-order chi connectivity index (χ0) is 16.9. The maximum absolute atomic E-state index is 5.96. The highest BCUT2D eigenvalue weighted by Crippen LogP contribution is 2.24. The van der Waals surface area contributed by atoms with Crippen molar-refractivity contribution in [3.63, 3.8) is 0 Å². The second-order valence-corrected chi connectivity index (χ2v) is 5.38. The normalized spacial score (nSPS) is 10.4. The third kappa shape index (κ3) is 3.46. The molecule has 0 saturated heterocycles. The molecule has 1 heterocycles. The number of hydrogen-bond acceptors (Lipinski definition) is 5. The van der Waals surface area contributed by atoms with E-state index in [9.17, 15) is 0 Å². The van der Waals surface area contributed by atoms with E-state index in [1.807, 2.05) is 48.5 Å². The third-order valence-electron chi connectivity index (χ3n) is 3.79. The molecule has 0 atom stereocenters. The smallest absolute Gasteiger partial charge is 0.141 e. The van der Waals surface area contributed by atoms with Gasteiger partial charge in [0, 0.05) is 17.7 Å². The first kappa shape index (κ1) is 15.8. The van der Waals surface area contributed by atoms with Gasteiger partial charge in [-0.25, -0.2) is 9.97 Å². The third-order valence-corrected chi connectivity index (χ3v) is 3.79. The van der Waals surface area contributed by atoms with Gasteiger partial charge in [-0.05, 0) is 48.0 Å². The number of anilines is 1. The summed E-state index contributed by atoms with van der Waals surface area (Å²) in [5.74, 6) is 1.50. The molecule has 0 radical (unpaired) electrons. The maximum Gasteiger partial charge on any atom is 0.141 e. The molecule has 5 heteroatoms. The second kappa shape index (κ2) is 7.00. The number of benzene rings is 2. The molecular formula is C19H19N3O2. The molecule has 0 unspecified atom stereocenters. The Bertz CT molecular complexity index is 832. The number of rotatable bonds is 5. The SMILES string of the molecule is COc1ccc(-c2cc(Cc3ccc(OC)c(N)c3)ncn2)cc1. The van der Waals surface area contributed by atoms with Crippen molar-refractivity contribution in [3.8, 4) is 22.8 Å². The Morgan fingerprint density at radius 2 is 1.71 bits per heavy atom. The molecule has 0 aliphatic heterocycles. The summed E-state index contributed by atoms with van der Waals surface area (Å²) in [4.78, 5) is 8.71. The standard InChI is InChI=1S/C19H19N3O2/c1-23-16-6-4-14(5-7-16)18-11-15(21-12-22-18)9-13-3-8-19(24-2)17(20)10-13/h3-8,10-12H,9,20H2,1-2H3. The second-order valence-electron chi connectivity index (χ2n) is 5.38. The van der Waals surface area contributed by atoms with Gasteiger partial charge in [-0.3, -0.25) is 0 Å². The lowest BCUT2D eigenvalue weighted by Crippen LogP contribution is -1.98. The van der Waals surface area contributed by atoms with Crippen molar-refractivity contribution in [2.24, 2.45) is 0 Å². The van der Waals surface area contributed by atoms with E-state index in [0.717, 1.165) is 28.3 Å². The minimum atomic E-state index is 0.624. The summed E-state index contributed by atoms with van der Waals surface area (Å²) in [5, 5.41) is 0. The molecule has 24 heavy (non-hydrogen) atoms. The molecular weight excluding hydrogens is 302 g/mol. The largest absolute Gasteiger partial charge is 0.497 e. The van der Waals surface area contributed by atoms with Gasteiger partial charge in [-0.2, -0.15) is 0 Å². The van der Waals surface area contributed by atoms with E-state index in [1.54, 1.807) is 20.5 Å². The average Bonchev–Trinajstić information content (AvgIpc) is 2.62. The van der Waals surface area contributed by atoms with Crippen LogP contribution in [0.1, 0.15) is 11.3 Å². The van der Waals surface area contributed by atoms with Gasteiger partial charge in [-0.1, -0.05) is 6.07 Å². The fourth-order valence-corrected chi connectivity index (χ4v) is 2.52. The van der Waals surface area contributed by atoms with Crippen LogP contribution in [-0.2, 0) is 6.42 Å². The van der Waals surface area contributed by atoms with Gasteiger partial charge in [0.25, 0.3) is 0 Å². The molecule has 5 nitrogen and oxygen atoms in total. The molecule has 0 bridgehead atoms. The first-order valence-corrected chi connectivity index (χ1v) is 7.57. The zero-order valence-corrected chi connectivity index (χ0v) is 13.7. The van der Waals surface area contributed by atoms with Gasteiger partial charge in [0.2, 0.25) is 0 Å². The van der Waals surface area contributed by atoms with E-state index >= 15 is 0 Å². The maximum atomic E-state index is 5.96. The molecule has 0 spiro atoms. The quantitative estimate of drug-likeness (QED) is 0.730. The number of nitrogen functional groups attached to an aromatic ring is 1. The first-order valence-electron chi connectivity index (χ1n) is 7.57. The van der Waals surface area contributed by atoms with Crippen LogP contribution in [-0.4, -0.2) is 24.2 Å². The highest BCUT2D eigenvalue weighted by molar-refractivity contribution is 5.60. The Kier molecular flexibility index (Phi) is 4.61. The van der Waals surface area contributed by atoms with Gasteiger partial charge < -0.3 is 15.2 Å². The minimum Gasteiger partial charge on any atom is -0.497 e. The number of hydrogen-bond donors (Lipinski definition) is 1. The van der Waals surface area contributed by atoms with Crippen LogP contribution in [0.3, 0.4) is 0 Å². The molecule has 2 aromatic carbocycles. The molecule has 0 aliphatic carbocycles. The van der Waals surface area contributed by atoms with Crippen molar-refractivity contribution in [1.82, 2.24) is 9.97 Å². The van der Waals surface area contributed by atoms with Crippen LogP contribution in [0.2, 0.25) is 0 Å². The Morgan fingerprint density at radius 3 is 2.38 bits per heavy atom. The molecule has 122 valence electrons. The molecule has 1 aromatic heterocycles. The highest BCUT2D eigenvalue weighted by atomic mass is 16.5. The number of ether oxygens (including phenoxy) is 2. The van der Waals surface area contributed by atoms with E-state index in [-0.39, 0.29) is 0 Å². The van der Waals surface area contributed by atoms with E-state index in [0.29, 0.717) is 17.9 Å². The van der Waals surface area contributed by atoms with Gasteiger partial charge in [0.15, 0.2) is 0 Å². The monoisotopic (exact) mass is 321 g/mol. The topological polar surface area (TPSA) is 70.3 Å². The Hall–Kier alpha value is -3.08. The first-order chi connectivity index (χ1) is 11.7. The number of nitrogens with two attached hydrogens (primary N) is 1. The fraction of sp³-hybridized carbons (Fsp3) is 0.158. The van der Waals surface area contributed by atoms with Crippen molar-refractivity contribution in [2.75, 3.05) is 20.0 Å². The van der Waals surface area contributed by atoms with E-state index in [2.05, 4.69) is 9.97 Å². The van der Waals surface area contributed by atoms with Crippen LogP contribution in [0, 0.1) is 0 Å². The summed E-state index contributed by atoms with van der Waals surface area (Å²) >= 11 is 0. The molecule has 0 saturated carbocycles. The summed E-state index contributed by atoms with van der Waals surface area (Å²) in [5.41, 5.74) is 10.5. The van der Waals surface area contributed by atoms with Crippen molar-refractivity contribution in [1.29, 1.82) is 0 Å². The van der Waals surface area contributed by atoms with Crippen LogP contribution in [0.25, 0.3) is 11.3 Å². The molecule has 0 amide bonds. The van der Waals surface area contributed by atoms with E-state index in [1.165, 1.54) is 0 Å². The van der Waals surface area contributed by atoms with Gasteiger partial charge in [-0.15, -0.1) is 0 Å². The summed E-state index contributed by atoms with van der Waals surface area (Å²) in [7, 11) is 3.26. The lowest BCUT2D eigenvalue weighted by molar-refractivity contribution is 0.415. The predicted octanol–water partition coefficient (Wildman–Crippen LogP) is 3.33. The van der Waals surface area contributed by atoms with Crippen molar-refractivity contribution in [2.45, 2.75) is 6.42 Å². The lowest BCUT2D eigenvalue weighted by atomic mass is 10.1. The summed E-state index contributed by atoms with van der Waals surface area (Å²) in [6, 6.07) is 15.6. The summed E-state index contributed by atoms with van der Waals surface area (Å²) in [6.07, 6.45) is 2.27. The number of methoxy groups -OCH3 is 2. The van der Waals surface area contributed by atoms with E-state index in [4.69, 9.17) is 15.2 Å². The average molecular weight is 321 g/mol. The molecule has 3 aromatic rings. The van der Waals surface area contributed by atoms with Crippen LogP contribution >= 0.6 is 0 Å². The summed E-state index contributed by atoms with van der Waals surface area (Å²) in [6.45, 7) is 0. The zero-order valence-electron chi connectivity index (χ0n) is 13.7. The van der Waals surface area contributed by atoms with Crippen molar-refractivity contribution < 1.29 is 9.47 Å².